The average molecular weight is 257 g/mol. The van der Waals surface area contributed by atoms with Crippen molar-refractivity contribution in [1.82, 2.24) is 10.3 Å². The zero-order valence-electron chi connectivity index (χ0n) is 9.38. The lowest BCUT2D eigenvalue weighted by molar-refractivity contribution is 0.432. The number of rotatable bonds is 2. The molecule has 0 fully saturated rings. The maximum Gasteiger partial charge on any atom is 0.220 e. The van der Waals surface area contributed by atoms with Crippen LogP contribution in [-0.2, 0) is 9.84 Å². The highest BCUT2D eigenvalue weighted by Gasteiger charge is 2.32. The third kappa shape index (κ3) is 2.23. The first-order valence-electron chi connectivity index (χ1n) is 4.90. The molecule has 2 rings (SSSR count). The number of hydrazone groups is 1. The highest BCUT2D eigenvalue weighted by atomic mass is 32.2. The second kappa shape index (κ2) is 3.99. The van der Waals surface area contributed by atoms with Crippen LogP contribution in [-0.4, -0.2) is 38.0 Å². The third-order valence-electron chi connectivity index (χ3n) is 2.46. The molecule has 1 aromatic rings. The highest BCUT2D eigenvalue weighted by Crippen LogP contribution is 2.15. The molecule has 1 aliphatic rings. The molecule has 0 bridgehead atoms. The van der Waals surface area contributed by atoms with Crippen molar-refractivity contribution in [2.45, 2.75) is 5.50 Å². The Kier molecular flexibility index (Phi) is 2.78. The molecule has 7 heteroatoms. The maximum atomic E-state index is 13.1. The summed E-state index contributed by atoms with van der Waals surface area (Å²) in [6, 6.07) is 5.85. The van der Waals surface area contributed by atoms with E-state index in [4.69, 9.17) is 0 Å². The number of benzene rings is 1. The highest BCUT2D eigenvalue weighted by molar-refractivity contribution is 7.91. The average Bonchev–Trinajstić information content (AvgIpc) is 2.59. The minimum absolute atomic E-state index is 0.388. The fourth-order valence-corrected chi connectivity index (χ4v) is 2.59. The summed E-state index contributed by atoms with van der Waals surface area (Å²) in [6.07, 6.45) is 1.12. The van der Waals surface area contributed by atoms with E-state index in [-0.39, 0.29) is 5.82 Å². The Hall–Kier alpha value is -1.63. The van der Waals surface area contributed by atoms with Crippen LogP contribution in [0.15, 0.2) is 29.4 Å². The molecule has 1 N–H and O–H groups in total. The van der Waals surface area contributed by atoms with Crippen molar-refractivity contribution in [3.05, 3.63) is 35.6 Å². The quantitative estimate of drug-likeness (QED) is 0.830. The number of nitrogens with zero attached hydrogens (tertiary/aromatic N) is 2. The van der Waals surface area contributed by atoms with Crippen LogP contribution in [0.1, 0.15) is 5.56 Å². The van der Waals surface area contributed by atoms with Gasteiger partial charge in [0.05, 0.1) is 0 Å². The van der Waals surface area contributed by atoms with Crippen LogP contribution < -0.4 is 5.43 Å². The molecule has 17 heavy (non-hydrogen) atoms. The number of hydrogen-bond acceptors (Lipinski definition) is 5. The lowest BCUT2D eigenvalue weighted by atomic mass is 10.2. The second-order valence-corrected chi connectivity index (χ2v) is 5.97. The zero-order valence-corrected chi connectivity index (χ0v) is 10.2. The summed E-state index contributed by atoms with van der Waals surface area (Å²) in [5.74, 6) is 0.0151. The first-order valence-corrected chi connectivity index (χ1v) is 6.86. The van der Waals surface area contributed by atoms with Crippen molar-refractivity contribution in [3.63, 3.8) is 0 Å². The van der Waals surface area contributed by atoms with Gasteiger partial charge in [-0.05, 0) is 12.1 Å². The molecule has 0 saturated carbocycles. The van der Waals surface area contributed by atoms with Gasteiger partial charge in [-0.25, -0.2) is 12.8 Å². The molecule has 1 atom stereocenters. The molecular formula is C10H12FN3O2S. The molecule has 0 spiro atoms. The van der Waals surface area contributed by atoms with Gasteiger partial charge in [-0.3, -0.25) is 5.43 Å². The minimum atomic E-state index is -3.30. The summed E-state index contributed by atoms with van der Waals surface area (Å²) >= 11 is 0. The van der Waals surface area contributed by atoms with E-state index in [1.807, 2.05) is 0 Å². The predicted octanol–water partition coefficient (Wildman–Crippen LogP) is 0.351. The smallest absolute Gasteiger partial charge is 0.220 e. The summed E-state index contributed by atoms with van der Waals surface area (Å²) in [5.41, 5.74) is 2.15. The summed E-state index contributed by atoms with van der Waals surface area (Å²) in [4.78, 5) is 1.46. The van der Waals surface area contributed by atoms with E-state index in [1.54, 1.807) is 19.2 Å². The Labute approximate surface area is 98.9 Å². The van der Waals surface area contributed by atoms with E-state index in [0.29, 0.717) is 11.4 Å². The Morgan fingerprint density at radius 2 is 2.18 bits per heavy atom. The van der Waals surface area contributed by atoms with Crippen molar-refractivity contribution in [3.8, 4) is 0 Å². The SMILES string of the molecule is CN1C(c2cccc(F)c2)=NNC1S(C)(=O)=O. The third-order valence-corrected chi connectivity index (χ3v) is 3.69. The molecule has 0 saturated heterocycles. The van der Waals surface area contributed by atoms with E-state index in [1.165, 1.54) is 17.0 Å². The van der Waals surface area contributed by atoms with Gasteiger partial charge in [0.15, 0.2) is 15.7 Å². The van der Waals surface area contributed by atoms with Crippen molar-refractivity contribution in [2.75, 3.05) is 13.3 Å². The Morgan fingerprint density at radius 1 is 1.47 bits per heavy atom. The van der Waals surface area contributed by atoms with Crippen LogP contribution in [0.4, 0.5) is 4.39 Å². The fraction of sp³-hybridized carbons (Fsp3) is 0.300. The molecular weight excluding hydrogens is 245 g/mol. The molecule has 0 aromatic heterocycles. The largest absolute Gasteiger partial charge is 0.324 e. The van der Waals surface area contributed by atoms with Crippen molar-refractivity contribution >= 4 is 15.7 Å². The fourth-order valence-electron chi connectivity index (χ4n) is 1.67. The van der Waals surface area contributed by atoms with Crippen LogP contribution in [0.25, 0.3) is 0 Å². The van der Waals surface area contributed by atoms with Gasteiger partial charge >= 0.3 is 0 Å². The minimum Gasteiger partial charge on any atom is -0.324 e. The molecule has 0 amide bonds. The molecule has 1 aromatic carbocycles. The number of sulfone groups is 1. The van der Waals surface area contributed by atoms with Crippen molar-refractivity contribution in [1.29, 1.82) is 0 Å². The lowest BCUT2D eigenvalue weighted by Crippen LogP contribution is -2.43. The van der Waals surface area contributed by atoms with Crippen LogP contribution in [0, 0.1) is 5.82 Å². The number of amidine groups is 1. The van der Waals surface area contributed by atoms with E-state index in [0.717, 1.165) is 6.26 Å². The van der Waals surface area contributed by atoms with Gasteiger partial charge < -0.3 is 4.90 Å². The van der Waals surface area contributed by atoms with Crippen molar-refractivity contribution in [2.24, 2.45) is 5.10 Å². The van der Waals surface area contributed by atoms with E-state index in [9.17, 15) is 12.8 Å². The van der Waals surface area contributed by atoms with Gasteiger partial charge in [0, 0.05) is 18.9 Å². The number of hydrogen-bond donors (Lipinski definition) is 1. The van der Waals surface area contributed by atoms with Gasteiger partial charge in [0.1, 0.15) is 5.82 Å². The number of nitrogens with one attached hydrogen (secondary N) is 1. The van der Waals surface area contributed by atoms with Gasteiger partial charge in [-0.1, -0.05) is 12.1 Å². The standard InChI is InChI=1S/C10H12FN3O2S/c1-14-9(7-4-3-5-8(11)6-7)12-13-10(14)17(2,15)16/h3-6,10,13H,1-2H3. The summed E-state index contributed by atoms with van der Waals surface area (Å²) in [5, 5.41) is 3.92. The normalized spacial score (nSPS) is 20.1. The Morgan fingerprint density at radius 3 is 2.71 bits per heavy atom. The molecule has 0 aliphatic carbocycles. The first-order chi connectivity index (χ1) is 7.89. The molecule has 1 heterocycles. The maximum absolute atomic E-state index is 13.1. The Balaban J connectivity index is 2.32. The Bertz CT molecular complexity index is 571. The van der Waals surface area contributed by atoms with Crippen LogP contribution >= 0.6 is 0 Å². The zero-order chi connectivity index (χ0) is 12.6. The molecule has 1 aliphatic heterocycles. The van der Waals surface area contributed by atoms with E-state index < -0.39 is 15.3 Å². The van der Waals surface area contributed by atoms with Crippen LogP contribution in [0.3, 0.4) is 0 Å². The molecule has 92 valence electrons. The first kappa shape index (κ1) is 11.8. The second-order valence-electron chi connectivity index (χ2n) is 3.87. The van der Waals surface area contributed by atoms with E-state index >= 15 is 0 Å². The van der Waals surface area contributed by atoms with Crippen molar-refractivity contribution < 1.29 is 12.8 Å². The summed E-state index contributed by atoms with van der Waals surface area (Å²) in [6.45, 7) is 0. The van der Waals surface area contributed by atoms with Gasteiger partial charge in [-0.15, -0.1) is 0 Å². The van der Waals surface area contributed by atoms with Gasteiger partial charge in [0.2, 0.25) is 5.50 Å². The lowest BCUT2D eigenvalue weighted by Gasteiger charge is -2.20. The molecule has 0 radical (unpaired) electrons. The molecule has 1 unspecified atom stereocenters. The van der Waals surface area contributed by atoms with Gasteiger partial charge in [0.25, 0.3) is 0 Å². The topological polar surface area (TPSA) is 61.8 Å². The number of halogens is 1. The van der Waals surface area contributed by atoms with E-state index in [2.05, 4.69) is 10.5 Å². The summed E-state index contributed by atoms with van der Waals surface area (Å²) < 4.78 is 35.9. The molecule has 5 nitrogen and oxygen atoms in total. The van der Waals surface area contributed by atoms with Crippen LogP contribution in [0.5, 0.6) is 0 Å². The predicted molar refractivity (Wildman–Crippen MR) is 62.5 cm³/mol. The monoisotopic (exact) mass is 257 g/mol. The summed E-state index contributed by atoms with van der Waals surface area (Å²) in [7, 11) is -1.70. The van der Waals surface area contributed by atoms with Gasteiger partial charge in [-0.2, -0.15) is 5.10 Å². The van der Waals surface area contributed by atoms with Crippen LogP contribution in [0.2, 0.25) is 0 Å².